The molecule has 0 aromatic heterocycles. The molecule has 0 unspecified atom stereocenters. The molecule has 2 rings (SSSR count). The predicted molar refractivity (Wildman–Crippen MR) is 101 cm³/mol. The summed E-state index contributed by atoms with van der Waals surface area (Å²) in [5.41, 5.74) is -0.680. The van der Waals surface area contributed by atoms with Crippen LogP contribution in [0.25, 0.3) is 0 Å². The van der Waals surface area contributed by atoms with Crippen molar-refractivity contribution in [2.24, 2.45) is 0 Å². The number of alkyl halides is 3. The van der Waals surface area contributed by atoms with Crippen molar-refractivity contribution >= 4 is 40.6 Å². The first kappa shape index (κ1) is 20.5. The van der Waals surface area contributed by atoms with Crippen LogP contribution in [-0.2, 0) is 11.0 Å². The third-order valence-corrected chi connectivity index (χ3v) is 4.78. The second-order valence-electron chi connectivity index (χ2n) is 5.72. The average molecular weight is 403 g/mol. The number of rotatable bonds is 6. The molecule has 0 fully saturated rings. The third kappa shape index (κ3) is 5.85. The first-order valence-electron chi connectivity index (χ1n) is 7.73. The molecule has 0 atom stereocenters. The summed E-state index contributed by atoms with van der Waals surface area (Å²) in [7, 11) is 3.31. The van der Waals surface area contributed by atoms with Crippen molar-refractivity contribution in [2.45, 2.75) is 17.5 Å². The number of nitrogens with zero attached hydrogens (tertiary/aromatic N) is 1. The van der Waals surface area contributed by atoms with E-state index in [4.69, 9.17) is 11.6 Å². The van der Waals surface area contributed by atoms with Crippen molar-refractivity contribution in [1.82, 2.24) is 0 Å². The molecule has 3 nitrogen and oxygen atoms in total. The second kappa shape index (κ2) is 8.68. The zero-order valence-corrected chi connectivity index (χ0v) is 15.8. The van der Waals surface area contributed by atoms with E-state index in [1.807, 2.05) is 12.1 Å². The van der Waals surface area contributed by atoms with Crippen LogP contribution < -0.4 is 10.2 Å². The van der Waals surface area contributed by atoms with Crippen molar-refractivity contribution < 1.29 is 18.0 Å². The molecule has 0 spiro atoms. The minimum atomic E-state index is -4.55. The van der Waals surface area contributed by atoms with Gasteiger partial charge in [0, 0.05) is 41.9 Å². The fourth-order valence-electron chi connectivity index (χ4n) is 2.16. The molecule has 0 aliphatic rings. The summed E-state index contributed by atoms with van der Waals surface area (Å²) in [6.45, 7) is 0. The van der Waals surface area contributed by atoms with E-state index < -0.39 is 17.6 Å². The fourth-order valence-corrected chi connectivity index (χ4v) is 3.14. The van der Waals surface area contributed by atoms with Crippen LogP contribution in [0.5, 0.6) is 0 Å². The van der Waals surface area contributed by atoms with E-state index in [1.54, 1.807) is 31.1 Å². The number of carbonyl (C=O) groups excluding carboxylic acids is 1. The predicted octanol–water partition coefficient (Wildman–Crippen LogP) is 5.55. The molecular weight excluding hydrogens is 385 g/mol. The molecule has 140 valence electrons. The summed E-state index contributed by atoms with van der Waals surface area (Å²) < 4.78 is 39.8. The number of amides is 1. The van der Waals surface area contributed by atoms with Crippen LogP contribution in [0, 0.1) is 0 Å². The van der Waals surface area contributed by atoms with E-state index in [0.29, 0.717) is 16.5 Å². The van der Waals surface area contributed by atoms with Crippen molar-refractivity contribution in [1.29, 1.82) is 0 Å². The van der Waals surface area contributed by atoms with Crippen LogP contribution in [0.15, 0.2) is 47.4 Å². The smallest absolute Gasteiger partial charge is 0.378 e. The Morgan fingerprint density at radius 2 is 1.81 bits per heavy atom. The summed E-state index contributed by atoms with van der Waals surface area (Å²) in [5, 5.41) is 2.99. The van der Waals surface area contributed by atoms with E-state index in [9.17, 15) is 18.0 Å². The molecule has 2 aromatic rings. The molecule has 0 bridgehead atoms. The van der Waals surface area contributed by atoms with Gasteiger partial charge in [-0.3, -0.25) is 4.79 Å². The molecular formula is C18H18ClF3N2OS. The lowest BCUT2D eigenvalue weighted by Gasteiger charge is -2.18. The molecule has 0 heterocycles. The van der Waals surface area contributed by atoms with Crippen LogP contribution in [0.3, 0.4) is 0 Å². The van der Waals surface area contributed by atoms with Crippen LogP contribution in [0.4, 0.5) is 24.5 Å². The van der Waals surface area contributed by atoms with Gasteiger partial charge < -0.3 is 10.2 Å². The van der Waals surface area contributed by atoms with Crippen molar-refractivity contribution in [3.05, 3.63) is 53.1 Å². The summed E-state index contributed by atoms with van der Waals surface area (Å²) in [6, 6.07) is 11.0. The second-order valence-corrected chi connectivity index (χ2v) is 7.33. The van der Waals surface area contributed by atoms with E-state index in [1.165, 1.54) is 23.9 Å². The minimum absolute atomic E-state index is 0.0972. The van der Waals surface area contributed by atoms with E-state index >= 15 is 0 Å². The first-order chi connectivity index (χ1) is 12.2. The van der Waals surface area contributed by atoms with Crippen molar-refractivity contribution in [2.75, 3.05) is 30.1 Å². The fraction of sp³-hybridized carbons (Fsp3) is 0.278. The summed E-state index contributed by atoms with van der Waals surface area (Å²) in [4.78, 5) is 14.5. The van der Waals surface area contributed by atoms with Crippen LogP contribution >= 0.6 is 23.4 Å². The number of anilines is 2. The van der Waals surface area contributed by atoms with Gasteiger partial charge in [-0.05, 0) is 42.5 Å². The number of thioether (sulfide) groups is 1. The maximum absolute atomic E-state index is 13.3. The van der Waals surface area contributed by atoms with Gasteiger partial charge in [0.05, 0.1) is 11.3 Å². The lowest BCUT2D eigenvalue weighted by atomic mass is 10.1. The Balaban J connectivity index is 2.00. The summed E-state index contributed by atoms with van der Waals surface area (Å²) in [5.74, 6) is -0.0144. The number of carbonyl (C=O) groups is 1. The van der Waals surface area contributed by atoms with Crippen molar-refractivity contribution in [3.63, 3.8) is 0 Å². The standard InChI is InChI=1S/C18H18ClF3N2OS/c1-24(2)13-5-8-16(15(11-13)18(20,21)22)23-17(25)9-10-26-14-6-3-12(19)4-7-14/h3-8,11H,9-10H2,1-2H3,(H,23,25). The molecule has 2 aromatic carbocycles. The Morgan fingerprint density at radius 3 is 2.38 bits per heavy atom. The molecule has 0 radical (unpaired) electrons. The number of benzene rings is 2. The van der Waals surface area contributed by atoms with Gasteiger partial charge in [0.25, 0.3) is 0 Å². The number of hydrogen-bond donors (Lipinski definition) is 1. The SMILES string of the molecule is CN(C)c1ccc(NC(=O)CCSc2ccc(Cl)cc2)c(C(F)(F)F)c1. The van der Waals surface area contributed by atoms with Gasteiger partial charge >= 0.3 is 6.18 Å². The molecule has 0 saturated heterocycles. The van der Waals surface area contributed by atoms with Gasteiger partial charge in [0.1, 0.15) is 0 Å². The van der Waals surface area contributed by atoms with E-state index in [2.05, 4.69) is 5.32 Å². The van der Waals surface area contributed by atoms with Gasteiger partial charge in [-0.15, -0.1) is 11.8 Å². The lowest BCUT2D eigenvalue weighted by Crippen LogP contribution is -2.18. The highest BCUT2D eigenvalue weighted by molar-refractivity contribution is 7.99. The number of halogens is 4. The zero-order chi connectivity index (χ0) is 19.3. The summed E-state index contributed by atoms with van der Waals surface area (Å²) >= 11 is 7.24. The maximum atomic E-state index is 13.3. The van der Waals surface area contributed by atoms with Crippen LogP contribution in [0.2, 0.25) is 5.02 Å². The molecule has 1 amide bonds. The van der Waals surface area contributed by atoms with Crippen molar-refractivity contribution in [3.8, 4) is 0 Å². The van der Waals surface area contributed by atoms with Gasteiger partial charge in [-0.1, -0.05) is 11.6 Å². The molecule has 0 saturated carbocycles. The number of nitrogens with one attached hydrogen (secondary N) is 1. The Bertz CT molecular complexity index is 764. The topological polar surface area (TPSA) is 32.3 Å². The highest BCUT2D eigenvalue weighted by Crippen LogP contribution is 2.37. The molecule has 0 aliphatic carbocycles. The molecule has 26 heavy (non-hydrogen) atoms. The monoisotopic (exact) mass is 402 g/mol. The average Bonchev–Trinajstić information content (AvgIpc) is 2.56. The Hall–Kier alpha value is -1.86. The Kier molecular flexibility index (Phi) is 6.83. The van der Waals surface area contributed by atoms with Gasteiger partial charge in [-0.25, -0.2) is 0 Å². The quantitative estimate of drug-likeness (QED) is 0.643. The minimum Gasteiger partial charge on any atom is -0.378 e. The van der Waals surface area contributed by atoms with Crippen LogP contribution in [0.1, 0.15) is 12.0 Å². The van der Waals surface area contributed by atoms with E-state index in [-0.39, 0.29) is 12.1 Å². The van der Waals surface area contributed by atoms with Crippen LogP contribution in [-0.4, -0.2) is 25.8 Å². The van der Waals surface area contributed by atoms with Gasteiger partial charge in [-0.2, -0.15) is 13.2 Å². The largest absolute Gasteiger partial charge is 0.418 e. The van der Waals surface area contributed by atoms with Gasteiger partial charge in [0.15, 0.2) is 0 Å². The first-order valence-corrected chi connectivity index (χ1v) is 9.10. The lowest BCUT2D eigenvalue weighted by molar-refractivity contribution is -0.136. The Labute approximate surface area is 159 Å². The molecule has 8 heteroatoms. The zero-order valence-electron chi connectivity index (χ0n) is 14.2. The number of hydrogen-bond acceptors (Lipinski definition) is 3. The highest BCUT2D eigenvalue weighted by Gasteiger charge is 2.34. The molecule has 0 aliphatic heterocycles. The normalized spacial score (nSPS) is 11.3. The third-order valence-electron chi connectivity index (χ3n) is 3.51. The van der Waals surface area contributed by atoms with E-state index in [0.717, 1.165) is 11.0 Å². The highest BCUT2D eigenvalue weighted by atomic mass is 35.5. The van der Waals surface area contributed by atoms with Gasteiger partial charge in [0.2, 0.25) is 5.91 Å². The Morgan fingerprint density at radius 1 is 1.15 bits per heavy atom. The molecule has 1 N–H and O–H groups in total. The maximum Gasteiger partial charge on any atom is 0.418 e. The summed E-state index contributed by atoms with van der Waals surface area (Å²) in [6.07, 6.45) is -4.45.